The number of esters is 1. The van der Waals surface area contributed by atoms with Crippen molar-refractivity contribution in [3.05, 3.63) is 41.7 Å². The number of carbonyl (C=O) groups excluding carboxylic acids is 1. The topological polar surface area (TPSA) is 35.5 Å². The zero-order chi connectivity index (χ0) is 12.7. The van der Waals surface area contributed by atoms with Gasteiger partial charge < -0.3 is 9.47 Å². The lowest BCUT2D eigenvalue weighted by atomic mass is 10.2. The van der Waals surface area contributed by atoms with Gasteiger partial charge in [-0.2, -0.15) is 0 Å². The maximum absolute atomic E-state index is 11.7. The molecule has 0 atom stereocenters. The van der Waals surface area contributed by atoms with Gasteiger partial charge in [0.15, 0.2) is 0 Å². The molecule has 0 spiro atoms. The van der Waals surface area contributed by atoms with E-state index in [1.54, 1.807) is 6.08 Å². The van der Waals surface area contributed by atoms with Crippen LogP contribution in [0.5, 0.6) is 0 Å². The van der Waals surface area contributed by atoms with Crippen LogP contribution in [-0.2, 0) is 14.3 Å². The molecule has 3 heteroatoms. The van der Waals surface area contributed by atoms with Gasteiger partial charge >= 0.3 is 5.97 Å². The zero-order valence-electron chi connectivity index (χ0n) is 10.5. The summed E-state index contributed by atoms with van der Waals surface area (Å²) in [5.41, 5.74) is 0.914. The summed E-state index contributed by atoms with van der Waals surface area (Å²) in [4.78, 5) is 11.7. The number of hydrogen-bond donors (Lipinski definition) is 0. The summed E-state index contributed by atoms with van der Waals surface area (Å²) in [5, 5.41) is 0. The fourth-order valence-electron chi connectivity index (χ4n) is 1.29. The first-order chi connectivity index (χ1) is 8.13. The normalized spacial score (nSPS) is 11.4. The molecule has 0 radical (unpaired) electrons. The predicted octanol–water partition coefficient (Wildman–Crippen LogP) is 3.02. The van der Waals surface area contributed by atoms with Gasteiger partial charge in [-0.3, -0.25) is 0 Å². The molecule has 0 fully saturated rings. The Morgan fingerprint density at radius 1 is 1.29 bits per heavy atom. The summed E-state index contributed by atoms with van der Waals surface area (Å²) in [7, 11) is 0. The highest BCUT2D eigenvalue weighted by atomic mass is 16.6. The third-order valence-corrected chi connectivity index (χ3v) is 1.94. The van der Waals surface area contributed by atoms with Crippen LogP contribution in [0.15, 0.2) is 36.1 Å². The maximum Gasteiger partial charge on any atom is 0.373 e. The molecule has 0 aromatic heterocycles. The van der Waals surface area contributed by atoms with Crippen LogP contribution < -0.4 is 0 Å². The molecule has 92 valence electrons. The summed E-state index contributed by atoms with van der Waals surface area (Å²) in [5.74, 6) is -0.182. The lowest BCUT2D eigenvalue weighted by Gasteiger charge is -2.11. The van der Waals surface area contributed by atoms with Crippen molar-refractivity contribution in [2.24, 2.45) is 0 Å². The van der Waals surface area contributed by atoms with E-state index in [1.165, 1.54) is 0 Å². The van der Waals surface area contributed by atoms with Gasteiger partial charge in [0.05, 0.1) is 12.7 Å². The Bertz CT molecular complexity index is 380. The first-order valence-corrected chi connectivity index (χ1v) is 5.74. The largest absolute Gasteiger partial charge is 0.487 e. The second-order valence-corrected chi connectivity index (χ2v) is 3.81. The van der Waals surface area contributed by atoms with Gasteiger partial charge in [0.25, 0.3) is 0 Å². The molecule has 0 unspecified atom stereocenters. The molecule has 0 N–H and O–H groups in total. The van der Waals surface area contributed by atoms with E-state index in [0.29, 0.717) is 6.61 Å². The molecule has 0 saturated carbocycles. The highest BCUT2D eigenvalue weighted by Gasteiger charge is 2.13. The van der Waals surface area contributed by atoms with E-state index in [9.17, 15) is 4.79 Å². The van der Waals surface area contributed by atoms with Crippen molar-refractivity contribution in [2.75, 3.05) is 6.61 Å². The molecule has 0 heterocycles. The Morgan fingerprint density at radius 3 is 2.47 bits per heavy atom. The van der Waals surface area contributed by atoms with Gasteiger partial charge in [-0.05, 0) is 32.4 Å². The first-order valence-electron chi connectivity index (χ1n) is 5.74. The maximum atomic E-state index is 11.7. The van der Waals surface area contributed by atoms with Crippen molar-refractivity contribution in [3.8, 4) is 0 Å². The predicted molar refractivity (Wildman–Crippen MR) is 67.3 cm³/mol. The van der Waals surface area contributed by atoms with E-state index in [4.69, 9.17) is 9.47 Å². The molecule has 3 nitrogen and oxygen atoms in total. The second-order valence-electron chi connectivity index (χ2n) is 3.81. The third-order valence-electron chi connectivity index (χ3n) is 1.94. The van der Waals surface area contributed by atoms with Crippen LogP contribution in [0.25, 0.3) is 6.08 Å². The molecule has 1 aromatic rings. The molecular weight excluding hydrogens is 216 g/mol. The Balaban J connectivity index is 2.85. The summed E-state index contributed by atoms with van der Waals surface area (Å²) in [6.07, 6.45) is 1.54. The van der Waals surface area contributed by atoms with Gasteiger partial charge in [-0.25, -0.2) is 4.79 Å². The molecule has 0 bridgehead atoms. The Kier molecular flexibility index (Phi) is 5.27. The minimum atomic E-state index is -0.425. The summed E-state index contributed by atoms with van der Waals surface area (Å²) >= 11 is 0. The summed E-state index contributed by atoms with van der Waals surface area (Å²) in [6, 6.07) is 9.54. The van der Waals surface area contributed by atoms with Crippen molar-refractivity contribution in [2.45, 2.75) is 26.9 Å². The smallest absolute Gasteiger partial charge is 0.373 e. The van der Waals surface area contributed by atoms with Crippen molar-refractivity contribution in [3.63, 3.8) is 0 Å². The van der Waals surface area contributed by atoms with E-state index in [2.05, 4.69) is 0 Å². The fraction of sp³-hybridized carbons (Fsp3) is 0.357. The lowest BCUT2D eigenvalue weighted by molar-refractivity contribution is -0.146. The quantitative estimate of drug-likeness (QED) is 0.446. The van der Waals surface area contributed by atoms with Crippen LogP contribution in [0, 0.1) is 0 Å². The minimum Gasteiger partial charge on any atom is -0.487 e. The summed E-state index contributed by atoms with van der Waals surface area (Å²) < 4.78 is 10.4. The highest BCUT2D eigenvalue weighted by molar-refractivity contribution is 5.91. The molecule has 0 aliphatic rings. The minimum absolute atomic E-state index is 0.151. The van der Waals surface area contributed by atoms with E-state index in [1.807, 2.05) is 51.1 Å². The van der Waals surface area contributed by atoms with Gasteiger partial charge in [0.1, 0.15) is 0 Å². The number of rotatable bonds is 5. The van der Waals surface area contributed by atoms with Crippen molar-refractivity contribution in [1.29, 1.82) is 0 Å². The number of carbonyl (C=O) groups is 1. The van der Waals surface area contributed by atoms with E-state index in [-0.39, 0.29) is 11.9 Å². The van der Waals surface area contributed by atoms with Crippen LogP contribution in [0.4, 0.5) is 0 Å². The monoisotopic (exact) mass is 234 g/mol. The van der Waals surface area contributed by atoms with Gasteiger partial charge in [0, 0.05) is 0 Å². The number of hydrogen-bond acceptors (Lipinski definition) is 3. The number of ether oxygens (including phenoxy) is 2. The number of benzene rings is 1. The van der Waals surface area contributed by atoms with E-state index >= 15 is 0 Å². The van der Waals surface area contributed by atoms with Crippen molar-refractivity contribution in [1.82, 2.24) is 0 Å². The Morgan fingerprint density at radius 2 is 1.94 bits per heavy atom. The lowest BCUT2D eigenvalue weighted by Crippen LogP contribution is -2.15. The van der Waals surface area contributed by atoms with Gasteiger partial charge in [-0.1, -0.05) is 30.3 Å². The van der Waals surface area contributed by atoms with Crippen LogP contribution in [-0.4, -0.2) is 18.7 Å². The fourth-order valence-corrected chi connectivity index (χ4v) is 1.29. The van der Waals surface area contributed by atoms with Crippen LogP contribution in [0.1, 0.15) is 26.3 Å². The molecule has 17 heavy (non-hydrogen) atoms. The van der Waals surface area contributed by atoms with E-state index < -0.39 is 5.97 Å². The molecule has 1 aromatic carbocycles. The average molecular weight is 234 g/mol. The standard InChI is InChI=1S/C14H18O3/c1-4-16-13(14(15)17-11(2)3)10-12-8-6-5-7-9-12/h5-11H,4H2,1-3H3. The molecule has 0 amide bonds. The van der Waals surface area contributed by atoms with Crippen LogP contribution in [0.2, 0.25) is 0 Å². The van der Waals surface area contributed by atoms with Crippen LogP contribution >= 0.6 is 0 Å². The zero-order valence-corrected chi connectivity index (χ0v) is 10.5. The Hall–Kier alpha value is -1.77. The van der Waals surface area contributed by atoms with Gasteiger partial charge in [0.2, 0.25) is 5.76 Å². The highest BCUT2D eigenvalue weighted by Crippen LogP contribution is 2.10. The molecule has 0 saturated heterocycles. The third kappa shape index (κ3) is 4.72. The van der Waals surface area contributed by atoms with Crippen molar-refractivity contribution >= 4 is 12.0 Å². The second kappa shape index (κ2) is 6.74. The summed E-state index contributed by atoms with van der Waals surface area (Å²) in [6.45, 7) is 5.89. The van der Waals surface area contributed by atoms with E-state index in [0.717, 1.165) is 5.56 Å². The molecule has 0 aliphatic heterocycles. The molecule has 0 aliphatic carbocycles. The average Bonchev–Trinajstić information content (AvgIpc) is 2.29. The van der Waals surface area contributed by atoms with Gasteiger partial charge in [-0.15, -0.1) is 0 Å². The molecule has 1 rings (SSSR count). The molecular formula is C14H18O3. The SMILES string of the molecule is CCOC(=Cc1ccccc1)C(=O)OC(C)C. The Labute approximate surface area is 102 Å². The van der Waals surface area contributed by atoms with Crippen LogP contribution in [0.3, 0.4) is 0 Å². The van der Waals surface area contributed by atoms with Crippen molar-refractivity contribution < 1.29 is 14.3 Å². The first kappa shape index (κ1) is 13.3.